The van der Waals surface area contributed by atoms with Crippen LogP contribution in [0.25, 0.3) is 0 Å². The summed E-state index contributed by atoms with van der Waals surface area (Å²) in [6.07, 6.45) is 1.98. The third-order valence-corrected chi connectivity index (χ3v) is 4.26. The zero-order valence-electron chi connectivity index (χ0n) is 15.8. The van der Waals surface area contributed by atoms with Crippen LogP contribution in [0.5, 0.6) is 5.75 Å². The molecule has 0 aliphatic carbocycles. The van der Waals surface area contributed by atoms with E-state index in [4.69, 9.17) is 4.74 Å². The third kappa shape index (κ3) is 4.85. The summed E-state index contributed by atoms with van der Waals surface area (Å²) >= 11 is 0. The molecule has 0 atom stereocenters. The molecular weight excluding hydrogens is 357 g/mol. The number of nitrogens with one attached hydrogen (secondary N) is 2. The number of ether oxygens (including phenoxy) is 1. The molecule has 3 rings (SSSR count). The molecule has 2 N–H and O–H groups in total. The molecule has 5 nitrogen and oxygen atoms in total. The highest BCUT2D eigenvalue weighted by atomic mass is 19.1. The van der Waals surface area contributed by atoms with Crippen LogP contribution in [-0.2, 0) is 6.42 Å². The number of carbonyl (C=O) groups is 1. The van der Waals surface area contributed by atoms with Gasteiger partial charge in [0, 0.05) is 18.4 Å². The highest BCUT2D eigenvalue weighted by Gasteiger charge is 2.10. The lowest BCUT2D eigenvalue weighted by atomic mass is 10.1. The maximum absolute atomic E-state index is 13.6. The zero-order valence-corrected chi connectivity index (χ0v) is 15.8. The standard InChI is InChI=1S/C22H22FN3O2/c1-15-7-8-21(28-2)19(13-15)26-17-10-12-24-20(14-17)22(27)25-11-9-16-5-3-4-6-18(16)23/h3-8,10,12-14H,9,11H2,1-2H3,(H,24,26)(H,25,27). The largest absolute Gasteiger partial charge is 0.495 e. The number of hydrogen-bond donors (Lipinski definition) is 2. The monoisotopic (exact) mass is 379 g/mol. The zero-order chi connectivity index (χ0) is 19.9. The Hall–Kier alpha value is -3.41. The van der Waals surface area contributed by atoms with Crippen LogP contribution in [0.15, 0.2) is 60.8 Å². The second-order valence-electron chi connectivity index (χ2n) is 6.36. The van der Waals surface area contributed by atoms with Crippen LogP contribution < -0.4 is 15.4 Å². The van der Waals surface area contributed by atoms with Crippen molar-refractivity contribution in [2.75, 3.05) is 19.0 Å². The number of pyridine rings is 1. The number of aromatic nitrogens is 1. The lowest BCUT2D eigenvalue weighted by Gasteiger charge is -2.12. The van der Waals surface area contributed by atoms with Crippen LogP contribution in [0.4, 0.5) is 15.8 Å². The smallest absolute Gasteiger partial charge is 0.269 e. The van der Waals surface area contributed by atoms with Crippen LogP contribution in [0.2, 0.25) is 0 Å². The Morgan fingerprint density at radius 1 is 1.14 bits per heavy atom. The summed E-state index contributed by atoms with van der Waals surface area (Å²) in [5.74, 6) is 0.127. The number of rotatable bonds is 7. The fourth-order valence-corrected chi connectivity index (χ4v) is 2.81. The molecule has 6 heteroatoms. The van der Waals surface area contributed by atoms with Gasteiger partial charge in [0.15, 0.2) is 0 Å². The molecule has 0 unspecified atom stereocenters. The van der Waals surface area contributed by atoms with Crippen molar-refractivity contribution >= 4 is 17.3 Å². The molecule has 0 bridgehead atoms. The minimum atomic E-state index is -0.309. The summed E-state index contributed by atoms with van der Waals surface area (Å²) in [7, 11) is 1.61. The van der Waals surface area contributed by atoms with Crippen molar-refractivity contribution in [2.24, 2.45) is 0 Å². The van der Waals surface area contributed by atoms with E-state index in [2.05, 4.69) is 15.6 Å². The Bertz CT molecular complexity index is 976. The Morgan fingerprint density at radius 2 is 1.96 bits per heavy atom. The fourth-order valence-electron chi connectivity index (χ4n) is 2.81. The molecule has 1 aromatic heterocycles. The van der Waals surface area contributed by atoms with E-state index in [1.807, 2.05) is 25.1 Å². The first-order chi connectivity index (χ1) is 13.6. The van der Waals surface area contributed by atoms with Gasteiger partial charge >= 0.3 is 0 Å². The molecule has 0 spiro atoms. The van der Waals surface area contributed by atoms with E-state index >= 15 is 0 Å². The molecule has 28 heavy (non-hydrogen) atoms. The first-order valence-electron chi connectivity index (χ1n) is 8.96. The van der Waals surface area contributed by atoms with Gasteiger partial charge in [0.1, 0.15) is 17.3 Å². The fraction of sp³-hybridized carbons (Fsp3) is 0.182. The summed E-state index contributed by atoms with van der Waals surface area (Å²) in [6, 6.07) is 15.8. The first kappa shape index (κ1) is 19.4. The molecule has 0 aliphatic rings. The minimum absolute atomic E-state index is 0.270. The van der Waals surface area contributed by atoms with E-state index in [-0.39, 0.29) is 17.4 Å². The van der Waals surface area contributed by atoms with Crippen molar-refractivity contribution in [1.29, 1.82) is 0 Å². The van der Waals surface area contributed by atoms with Gasteiger partial charge in [-0.3, -0.25) is 9.78 Å². The van der Waals surface area contributed by atoms with Gasteiger partial charge in [-0.15, -0.1) is 0 Å². The lowest BCUT2D eigenvalue weighted by molar-refractivity contribution is 0.0949. The van der Waals surface area contributed by atoms with Crippen LogP contribution in [-0.4, -0.2) is 24.5 Å². The molecule has 144 valence electrons. The molecular formula is C22H22FN3O2. The van der Waals surface area contributed by atoms with Gasteiger partial charge in [-0.1, -0.05) is 24.3 Å². The Balaban J connectivity index is 1.65. The van der Waals surface area contributed by atoms with Crippen molar-refractivity contribution in [3.8, 4) is 5.75 Å². The van der Waals surface area contributed by atoms with Gasteiger partial charge in [-0.25, -0.2) is 4.39 Å². The predicted molar refractivity (Wildman–Crippen MR) is 108 cm³/mol. The number of hydrogen-bond acceptors (Lipinski definition) is 4. The molecule has 2 aromatic carbocycles. The Labute approximate surface area is 163 Å². The van der Waals surface area contributed by atoms with Gasteiger partial charge in [0.2, 0.25) is 0 Å². The van der Waals surface area contributed by atoms with Crippen molar-refractivity contribution in [2.45, 2.75) is 13.3 Å². The minimum Gasteiger partial charge on any atom is -0.495 e. The first-order valence-corrected chi connectivity index (χ1v) is 8.96. The van der Waals surface area contributed by atoms with E-state index in [9.17, 15) is 9.18 Å². The number of methoxy groups -OCH3 is 1. The summed E-state index contributed by atoms with van der Waals surface area (Å²) in [5, 5.41) is 6.03. The maximum atomic E-state index is 13.6. The maximum Gasteiger partial charge on any atom is 0.269 e. The molecule has 0 aliphatic heterocycles. The molecule has 0 fully saturated rings. The molecule has 1 amide bonds. The van der Waals surface area contributed by atoms with E-state index in [0.29, 0.717) is 24.3 Å². The number of aryl methyl sites for hydroxylation is 1. The number of carbonyl (C=O) groups excluding carboxylic acids is 1. The van der Waals surface area contributed by atoms with Gasteiger partial charge in [-0.05, 0) is 54.8 Å². The van der Waals surface area contributed by atoms with E-state index in [0.717, 1.165) is 16.9 Å². The van der Waals surface area contributed by atoms with E-state index in [1.54, 1.807) is 43.6 Å². The van der Waals surface area contributed by atoms with Crippen LogP contribution in [0.3, 0.4) is 0 Å². The second kappa shape index (κ2) is 8.99. The molecule has 1 heterocycles. The molecule has 0 saturated heterocycles. The average Bonchev–Trinajstić information content (AvgIpc) is 2.70. The predicted octanol–water partition coefficient (Wildman–Crippen LogP) is 4.25. The molecule has 0 saturated carbocycles. The summed E-state index contributed by atoms with van der Waals surface area (Å²) < 4.78 is 19.0. The molecule has 3 aromatic rings. The van der Waals surface area contributed by atoms with Gasteiger partial charge in [0.05, 0.1) is 12.8 Å². The highest BCUT2D eigenvalue weighted by molar-refractivity contribution is 5.93. The Morgan fingerprint density at radius 3 is 2.75 bits per heavy atom. The number of amides is 1. The molecule has 0 radical (unpaired) electrons. The van der Waals surface area contributed by atoms with Crippen molar-refractivity contribution < 1.29 is 13.9 Å². The van der Waals surface area contributed by atoms with Crippen molar-refractivity contribution in [3.63, 3.8) is 0 Å². The van der Waals surface area contributed by atoms with Crippen molar-refractivity contribution in [1.82, 2.24) is 10.3 Å². The van der Waals surface area contributed by atoms with Crippen LogP contribution in [0.1, 0.15) is 21.6 Å². The number of anilines is 2. The number of halogens is 1. The van der Waals surface area contributed by atoms with Crippen LogP contribution in [0, 0.1) is 12.7 Å². The average molecular weight is 379 g/mol. The SMILES string of the molecule is COc1ccc(C)cc1Nc1ccnc(C(=O)NCCc2ccccc2F)c1. The summed E-state index contributed by atoms with van der Waals surface area (Å²) in [6.45, 7) is 2.32. The van der Waals surface area contributed by atoms with Gasteiger partial charge < -0.3 is 15.4 Å². The van der Waals surface area contributed by atoms with Crippen LogP contribution >= 0.6 is 0 Å². The highest BCUT2D eigenvalue weighted by Crippen LogP contribution is 2.28. The van der Waals surface area contributed by atoms with Gasteiger partial charge in [0.25, 0.3) is 5.91 Å². The number of nitrogens with zero attached hydrogens (tertiary/aromatic N) is 1. The van der Waals surface area contributed by atoms with E-state index in [1.165, 1.54) is 6.07 Å². The topological polar surface area (TPSA) is 63.2 Å². The number of benzene rings is 2. The van der Waals surface area contributed by atoms with Gasteiger partial charge in [-0.2, -0.15) is 0 Å². The third-order valence-electron chi connectivity index (χ3n) is 4.26. The Kier molecular flexibility index (Phi) is 6.22. The lowest BCUT2D eigenvalue weighted by Crippen LogP contribution is -2.26. The second-order valence-corrected chi connectivity index (χ2v) is 6.36. The normalized spacial score (nSPS) is 10.4. The van der Waals surface area contributed by atoms with Crippen molar-refractivity contribution in [3.05, 3.63) is 83.4 Å². The summed E-state index contributed by atoms with van der Waals surface area (Å²) in [5.41, 5.74) is 3.46. The summed E-state index contributed by atoms with van der Waals surface area (Å²) in [4.78, 5) is 16.5. The quantitative estimate of drug-likeness (QED) is 0.644. The van der Waals surface area contributed by atoms with E-state index < -0.39 is 0 Å².